The van der Waals surface area contributed by atoms with Crippen LogP contribution in [0.5, 0.6) is 0 Å². The van der Waals surface area contributed by atoms with Crippen molar-refractivity contribution in [1.82, 2.24) is 4.57 Å². The van der Waals surface area contributed by atoms with E-state index in [4.69, 9.17) is 6.42 Å². The molecule has 1 aliphatic carbocycles. The van der Waals surface area contributed by atoms with Crippen molar-refractivity contribution < 1.29 is 5.11 Å². The molecule has 2 atom stereocenters. The van der Waals surface area contributed by atoms with Crippen LogP contribution in [0.4, 0.5) is 0 Å². The highest BCUT2D eigenvalue weighted by atomic mass is 16.3. The van der Waals surface area contributed by atoms with Gasteiger partial charge in [0.05, 0.1) is 6.10 Å². The van der Waals surface area contributed by atoms with Crippen LogP contribution >= 0.6 is 0 Å². The molecule has 2 unspecified atom stereocenters. The molecule has 1 aromatic heterocycles. The lowest BCUT2D eigenvalue weighted by Gasteiger charge is -2.24. The van der Waals surface area contributed by atoms with Gasteiger partial charge in [-0.3, -0.25) is 0 Å². The highest BCUT2D eigenvalue weighted by Gasteiger charge is 2.25. The second-order valence-electron chi connectivity index (χ2n) is 4.94. The first-order valence-corrected chi connectivity index (χ1v) is 6.51. The molecule has 0 fully saturated rings. The van der Waals surface area contributed by atoms with E-state index in [0.29, 0.717) is 6.04 Å². The number of hydrogen-bond donors (Lipinski definition) is 1. The third-order valence-electron chi connectivity index (χ3n) is 3.81. The number of aliphatic hydroxyl groups is 1. The van der Waals surface area contributed by atoms with Gasteiger partial charge in [-0.05, 0) is 38.7 Å². The van der Waals surface area contributed by atoms with Gasteiger partial charge >= 0.3 is 0 Å². The highest BCUT2D eigenvalue weighted by molar-refractivity contribution is 5.32. The average molecular weight is 231 g/mol. The average Bonchev–Trinajstić information content (AvgIpc) is 2.64. The summed E-state index contributed by atoms with van der Waals surface area (Å²) < 4.78 is 2.36. The van der Waals surface area contributed by atoms with Gasteiger partial charge in [0.2, 0.25) is 0 Å². The van der Waals surface area contributed by atoms with Gasteiger partial charge in [-0.15, -0.1) is 12.3 Å². The maximum atomic E-state index is 10.0. The Balaban J connectivity index is 2.43. The van der Waals surface area contributed by atoms with Crippen molar-refractivity contribution in [1.29, 1.82) is 0 Å². The first kappa shape index (κ1) is 12.3. The van der Waals surface area contributed by atoms with E-state index in [1.54, 1.807) is 0 Å². The molecule has 0 aliphatic heterocycles. The number of aliphatic hydroxyl groups excluding tert-OH is 1. The fraction of sp³-hybridized carbons (Fsp3) is 0.600. The molecule has 0 bridgehead atoms. The van der Waals surface area contributed by atoms with Gasteiger partial charge in [-0.2, -0.15) is 0 Å². The Morgan fingerprint density at radius 3 is 3.06 bits per heavy atom. The maximum absolute atomic E-state index is 10.0. The second-order valence-corrected chi connectivity index (χ2v) is 4.94. The zero-order valence-electron chi connectivity index (χ0n) is 10.7. The van der Waals surface area contributed by atoms with E-state index in [1.807, 2.05) is 0 Å². The van der Waals surface area contributed by atoms with Crippen LogP contribution in [0.25, 0.3) is 0 Å². The predicted molar refractivity (Wildman–Crippen MR) is 69.8 cm³/mol. The molecule has 1 aliphatic rings. The summed E-state index contributed by atoms with van der Waals surface area (Å²) in [5.74, 6) is 2.77. The molecule has 17 heavy (non-hydrogen) atoms. The summed E-state index contributed by atoms with van der Waals surface area (Å²) in [4.78, 5) is 0. The van der Waals surface area contributed by atoms with Gasteiger partial charge in [0, 0.05) is 29.4 Å². The third kappa shape index (κ3) is 2.12. The molecule has 0 aromatic carbocycles. The van der Waals surface area contributed by atoms with Crippen LogP contribution in [0.3, 0.4) is 0 Å². The Bertz CT molecular complexity index is 439. The summed E-state index contributed by atoms with van der Waals surface area (Å²) in [5.41, 5.74) is 3.67. The summed E-state index contributed by atoms with van der Waals surface area (Å²) in [6.45, 7) is 4.29. The number of nitrogens with zero attached hydrogens (tertiary/aromatic N) is 1. The summed E-state index contributed by atoms with van der Waals surface area (Å²) in [7, 11) is 0. The summed E-state index contributed by atoms with van der Waals surface area (Å²) in [5, 5.41) is 10.0. The van der Waals surface area contributed by atoms with Crippen molar-refractivity contribution in [2.45, 2.75) is 58.1 Å². The molecule has 92 valence electrons. The quantitative estimate of drug-likeness (QED) is 0.794. The van der Waals surface area contributed by atoms with Crippen molar-refractivity contribution in [3.63, 3.8) is 0 Å². The smallest absolute Gasteiger partial charge is 0.0807 e. The number of terminal acetylenes is 1. The largest absolute Gasteiger partial charge is 0.388 e. The van der Waals surface area contributed by atoms with E-state index in [-0.39, 0.29) is 6.10 Å². The number of aromatic nitrogens is 1. The Kier molecular flexibility index (Phi) is 3.59. The standard InChI is InChI=1S/C15H21NO/c1-4-7-12(5-2)16-11(3)10-13-14(16)8-6-9-15(13)17/h1,10,12,15,17H,5-9H2,2-3H3. The topological polar surface area (TPSA) is 25.2 Å². The van der Waals surface area contributed by atoms with E-state index >= 15 is 0 Å². The normalized spacial score (nSPS) is 20.7. The molecule has 2 heteroatoms. The van der Waals surface area contributed by atoms with Crippen molar-refractivity contribution in [3.8, 4) is 12.3 Å². The van der Waals surface area contributed by atoms with Crippen LogP contribution in [0.1, 0.15) is 61.7 Å². The van der Waals surface area contributed by atoms with E-state index in [0.717, 1.165) is 37.7 Å². The molecule has 1 aromatic rings. The van der Waals surface area contributed by atoms with Crippen LogP contribution < -0.4 is 0 Å². The minimum atomic E-state index is -0.276. The van der Waals surface area contributed by atoms with E-state index in [1.165, 1.54) is 11.4 Å². The van der Waals surface area contributed by atoms with E-state index in [9.17, 15) is 5.11 Å². The summed E-state index contributed by atoms with van der Waals surface area (Å²) in [6.07, 6.45) is 10.0. The lowest BCUT2D eigenvalue weighted by atomic mass is 9.95. The molecular weight excluding hydrogens is 210 g/mol. The summed E-state index contributed by atoms with van der Waals surface area (Å²) >= 11 is 0. The van der Waals surface area contributed by atoms with Crippen LogP contribution in [-0.2, 0) is 6.42 Å². The van der Waals surface area contributed by atoms with Gasteiger partial charge in [-0.1, -0.05) is 6.92 Å². The van der Waals surface area contributed by atoms with Gasteiger partial charge in [0.15, 0.2) is 0 Å². The third-order valence-corrected chi connectivity index (χ3v) is 3.81. The van der Waals surface area contributed by atoms with Crippen LogP contribution in [0.15, 0.2) is 6.07 Å². The number of hydrogen-bond acceptors (Lipinski definition) is 1. The van der Waals surface area contributed by atoms with Crippen LogP contribution in [0, 0.1) is 19.3 Å². The molecular formula is C15H21NO. The number of aryl methyl sites for hydroxylation is 1. The Hall–Kier alpha value is -1.20. The second kappa shape index (κ2) is 4.98. The van der Waals surface area contributed by atoms with Gasteiger partial charge in [0.25, 0.3) is 0 Å². The zero-order valence-corrected chi connectivity index (χ0v) is 10.7. The molecule has 2 nitrogen and oxygen atoms in total. The van der Waals surface area contributed by atoms with Crippen LogP contribution in [-0.4, -0.2) is 9.67 Å². The first-order chi connectivity index (χ1) is 8.19. The van der Waals surface area contributed by atoms with Gasteiger partial charge in [0.1, 0.15) is 0 Å². The van der Waals surface area contributed by atoms with Gasteiger partial charge < -0.3 is 9.67 Å². The van der Waals surface area contributed by atoms with Crippen LogP contribution in [0.2, 0.25) is 0 Å². The maximum Gasteiger partial charge on any atom is 0.0807 e. The molecule has 0 saturated heterocycles. The number of rotatable bonds is 3. The van der Waals surface area contributed by atoms with Crippen molar-refractivity contribution in [2.24, 2.45) is 0 Å². The molecule has 1 N–H and O–H groups in total. The Morgan fingerprint density at radius 1 is 1.65 bits per heavy atom. The zero-order chi connectivity index (χ0) is 12.4. The van der Waals surface area contributed by atoms with Gasteiger partial charge in [-0.25, -0.2) is 0 Å². The molecule has 0 saturated carbocycles. The minimum absolute atomic E-state index is 0.276. The Morgan fingerprint density at radius 2 is 2.41 bits per heavy atom. The Labute approximate surface area is 104 Å². The predicted octanol–water partition coefficient (Wildman–Crippen LogP) is 3.14. The molecule has 0 spiro atoms. The molecule has 2 rings (SSSR count). The number of fused-ring (bicyclic) bond motifs is 1. The van der Waals surface area contributed by atoms with Crippen molar-refractivity contribution in [2.75, 3.05) is 0 Å². The van der Waals surface area contributed by atoms with E-state index in [2.05, 4.69) is 30.4 Å². The fourth-order valence-electron chi connectivity index (χ4n) is 2.96. The lowest BCUT2D eigenvalue weighted by Crippen LogP contribution is -2.16. The molecule has 1 heterocycles. The highest BCUT2D eigenvalue weighted by Crippen LogP contribution is 2.35. The van der Waals surface area contributed by atoms with Crippen molar-refractivity contribution >= 4 is 0 Å². The minimum Gasteiger partial charge on any atom is -0.388 e. The van der Waals surface area contributed by atoms with E-state index < -0.39 is 0 Å². The lowest BCUT2D eigenvalue weighted by molar-refractivity contribution is 0.155. The summed E-state index contributed by atoms with van der Waals surface area (Å²) in [6, 6.07) is 2.52. The first-order valence-electron chi connectivity index (χ1n) is 6.51. The molecule has 0 amide bonds. The van der Waals surface area contributed by atoms with Crippen molar-refractivity contribution in [3.05, 3.63) is 23.0 Å². The monoisotopic (exact) mass is 231 g/mol. The fourth-order valence-corrected chi connectivity index (χ4v) is 2.96. The SMILES string of the molecule is C#CCC(CC)n1c(C)cc2c1CCCC2O. The molecule has 0 radical (unpaired) electrons.